The Bertz CT molecular complexity index is 716. The SMILES string of the molecule is CC1(C)OC(=O)C=C(OCc2ccc3ccccc3c2)O1. The van der Waals surface area contributed by atoms with Gasteiger partial charge in [0.1, 0.15) is 12.7 Å². The molecule has 0 unspecified atom stereocenters. The Morgan fingerprint density at radius 3 is 2.57 bits per heavy atom. The molecule has 3 rings (SSSR count). The van der Waals surface area contributed by atoms with Gasteiger partial charge in [0.15, 0.2) is 0 Å². The lowest BCUT2D eigenvalue weighted by Crippen LogP contribution is -2.34. The van der Waals surface area contributed by atoms with Crippen molar-refractivity contribution in [3.8, 4) is 0 Å². The largest absolute Gasteiger partial charge is 0.460 e. The van der Waals surface area contributed by atoms with Crippen molar-refractivity contribution in [1.82, 2.24) is 0 Å². The van der Waals surface area contributed by atoms with Crippen molar-refractivity contribution in [3.05, 3.63) is 60.0 Å². The summed E-state index contributed by atoms with van der Waals surface area (Å²) in [6.07, 6.45) is 1.21. The third kappa shape index (κ3) is 3.16. The summed E-state index contributed by atoms with van der Waals surface area (Å²) in [4.78, 5) is 11.4. The molecule has 2 aromatic rings. The molecular formula is C17H16O4. The molecule has 0 saturated carbocycles. The van der Waals surface area contributed by atoms with Gasteiger partial charge in [-0.1, -0.05) is 36.4 Å². The molecule has 0 saturated heterocycles. The zero-order valence-electron chi connectivity index (χ0n) is 12.0. The monoisotopic (exact) mass is 284 g/mol. The summed E-state index contributed by atoms with van der Waals surface area (Å²) in [5.74, 6) is -1.27. The van der Waals surface area contributed by atoms with Gasteiger partial charge in [-0.15, -0.1) is 0 Å². The zero-order chi connectivity index (χ0) is 14.9. The number of cyclic esters (lactones) is 1. The Balaban J connectivity index is 1.73. The molecule has 0 spiro atoms. The van der Waals surface area contributed by atoms with Gasteiger partial charge in [0.25, 0.3) is 11.7 Å². The molecule has 0 aliphatic carbocycles. The number of fused-ring (bicyclic) bond motifs is 1. The van der Waals surface area contributed by atoms with Gasteiger partial charge < -0.3 is 14.2 Å². The van der Waals surface area contributed by atoms with Crippen LogP contribution >= 0.6 is 0 Å². The number of hydrogen-bond donors (Lipinski definition) is 0. The molecular weight excluding hydrogens is 268 g/mol. The molecule has 1 aliphatic heterocycles. The van der Waals surface area contributed by atoms with Crippen LogP contribution < -0.4 is 0 Å². The number of carbonyl (C=O) groups excluding carboxylic acids is 1. The van der Waals surface area contributed by atoms with Crippen LogP contribution in [0.2, 0.25) is 0 Å². The van der Waals surface area contributed by atoms with Crippen LogP contribution in [0.5, 0.6) is 0 Å². The van der Waals surface area contributed by atoms with E-state index in [-0.39, 0.29) is 5.95 Å². The first-order valence-electron chi connectivity index (χ1n) is 6.76. The molecule has 4 heteroatoms. The molecule has 0 atom stereocenters. The summed E-state index contributed by atoms with van der Waals surface area (Å²) in [5, 5.41) is 2.33. The molecule has 4 nitrogen and oxygen atoms in total. The summed E-state index contributed by atoms with van der Waals surface area (Å²) >= 11 is 0. The molecule has 0 fully saturated rings. The third-order valence-corrected chi connectivity index (χ3v) is 3.12. The molecule has 0 bridgehead atoms. The van der Waals surface area contributed by atoms with E-state index in [1.165, 1.54) is 11.5 Å². The lowest BCUT2D eigenvalue weighted by Gasteiger charge is -2.29. The Morgan fingerprint density at radius 2 is 1.81 bits per heavy atom. The Morgan fingerprint density at radius 1 is 1.05 bits per heavy atom. The average molecular weight is 284 g/mol. The summed E-state index contributed by atoms with van der Waals surface area (Å²) in [6, 6.07) is 14.2. The van der Waals surface area contributed by atoms with Gasteiger partial charge >= 0.3 is 5.97 Å². The first-order chi connectivity index (χ1) is 10.0. The van der Waals surface area contributed by atoms with Crippen LogP contribution in [-0.2, 0) is 25.6 Å². The van der Waals surface area contributed by atoms with Crippen LogP contribution in [0.25, 0.3) is 10.8 Å². The summed E-state index contributed by atoms with van der Waals surface area (Å²) in [6.45, 7) is 3.66. The molecule has 2 aromatic carbocycles. The number of rotatable bonds is 3. The second-order valence-corrected chi connectivity index (χ2v) is 5.36. The van der Waals surface area contributed by atoms with Gasteiger partial charge in [-0.05, 0) is 22.4 Å². The van der Waals surface area contributed by atoms with Gasteiger partial charge in [0, 0.05) is 13.8 Å². The highest BCUT2D eigenvalue weighted by atomic mass is 16.8. The van der Waals surface area contributed by atoms with E-state index in [1.807, 2.05) is 24.3 Å². The summed E-state index contributed by atoms with van der Waals surface area (Å²) in [5.41, 5.74) is 1.01. The standard InChI is InChI=1S/C17H16O4/c1-17(2)20-15(18)10-16(21-17)19-11-12-7-8-13-5-3-4-6-14(13)9-12/h3-10H,11H2,1-2H3. The first-order valence-corrected chi connectivity index (χ1v) is 6.76. The lowest BCUT2D eigenvalue weighted by molar-refractivity contribution is -0.224. The highest BCUT2D eigenvalue weighted by molar-refractivity contribution is 5.83. The average Bonchev–Trinajstić information content (AvgIpc) is 2.43. The Labute approximate surface area is 122 Å². The molecule has 0 N–H and O–H groups in total. The van der Waals surface area contributed by atoms with Crippen molar-refractivity contribution in [2.45, 2.75) is 26.2 Å². The normalized spacial score (nSPS) is 16.9. The lowest BCUT2D eigenvalue weighted by atomic mass is 10.1. The van der Waals surface area contributed by atoms with E-state index < -0.39 is 11.8 Å². The van der Waals surface area contributed by atoms with Crippen molar-refractivity contribution in [2.24, 2.45) is 0 Å². The number of hydrogen-bond acceptors (Lipinski definition) is 4. The van der Waals surface area contributed by atoms with Gasteiger partial charge in [-0.2, -0.15) is 0 Å². The van der Waals surface area contributed by atoms with Crippen LogP contribution in [0.4, 0.5) is 0 Å². The Kier molecular flexibility index (Phi) is 3.29. The van der Waals surface area contributed by atoms with Crippen molar-refractivity contribution >= 4 is 16.7 Å². The fraction of sp³-hybridized carbons (Fsp3) is 0.235. The highest BCUT2D eigenvalue weighted by Gasteiger charge is 2.31. The maximum Gasteiger partial charge on any atom is 0.341 e. The van der Waals surface area contributed by atoms with Crippen LogP contribution in [-0.4, -0.2) is 11.8 Å². The summed E-state index contributed by atoms with van der Waals surface area (Å²) in [7, 11) is 0. The van der Waals surface area contributed by atoms with Gasteiger partial charge in [0.05, 0.1) is 0 Å². The van der Waals surface area contributed by atoms with Gasteiger partial charge in [-0.25, -0.2) is 4.79 Å². The number of esters is 1. The molecule has 0 aromatic heterocycles. The topological polar surface area (TPSA) is 44.8 Å². The van der Waals surface area contributed by atoms with Crippen molar-refractivity contribution in [1.29, 1.82) is 0 Å². The molecule has 1 heterocycles. The number of benzene rings is 2. The Hall–Kier alpha value is -2.49. The maximum atomic E-state index is 11.4. The fourth-order valence-corrected chi connectivity index (χ4v) is 2.21. The van der Waals surface area contributed by atoms with E-state index in [0.29, 0.717) is 6.61 Å². The van der Waals surface area contributed by atoms with E-state index in [0.717, 1.165) is 10.9 Å². The fourth-order valence-electron chi connectivity index (χ4n) is 2.21. The van der Waals surface area contributed by atoms with Crippen LogP contribution in [0.1, 0.15) is 19.4 Å². The van der Waals surface area contributed by atoms with Crippen molar-refractivity contribution in [3.63, 3.8) is 0 Å². The first kappa shape index (κ1) is 13.5. The maximum absolute atomic E-state index is 11.4. The molecule has 0 amide bonds. The van der Waals surface area contributed by atoms with Crippen molar-refractivity contribution in [2.75, 3.05) is 0 Å². The van der Waals surface area contributed by atoms with E-state index >= 15 is 0 Å². The second-order valence-electron chi connectivity index (χ2n) is 5.36. The molecule has 1 aliphatic rings. The smallest absolute Gasteiger partial charge is 0.341 e. The minimum absolute atomic E-state index is 0.185. The van der Waals surface area contributed by atoms with Crippen LogP contribution in [0.3, 0.4) is 0 Å². The third-order valence-electron chi connectivity index (χ3n) is 3.12. The van der Waals surface area contributed by atoms with Gasteiger partial charge in [-0.3, -0.25) is 0 Å². The molecule has 0 radical (unpaired) electrons. The number of ether oxygens (including phenoxy) is 3. The van der Waals surface area contributed by atoms with Crippen LogP contribution in [0, 0.1) is 0 Å². The molecule has 108 valence electrons. The van der Waals surface area contributed by atoms with E-state index in [9.17, 15) is 4.79 Å². The van der Waals surface area contributed by atoms with E-state index in [1.54, 1.807) is 13.8 Å². The van der Waals surface area contributed by atoms with E-state index in [4.69, 9.17) is 14.2 Å². The second kappa shape index (κ2) is 5.13. The quantitative estimate of drug-likeness (QED) is 0.809. The summed E-state index contributed by atoms with van der Waals surface area (Å²) < 4.78 is 16.0. The van der Waals surface area contributed by atoms with E-state index in [2.05, 4.69) is 18.2 Å². The number of carbonyl (C=O) groups is 1. The minimum Gasteiger partial charge on any atom is -0.460 e. The minimum atomic E-state index is -0.995. The van der Waals surface area contributed by atoms with Gasteiger partial charge in [0.2, 0.25) is 0 Å². The zero-order valence-corrected chi connectivity index (χ0v) is 12.0. The predicted molar refractivity (Wildman–Crippen MR) is 78.1 cm³/mol. The predicted octanol–water partition coefficient (Wildman–Crippen LogP) is 3.51. The highest BCUT2D eigenvalue weighted by Crippen LogP contribution is 2.24. The van der Waals surface area contributed by atoms with Crippen LogP contribution in [0.15, 0.2) is 54.5 Å². The molecule has 21 heavy (non-hydrogen) atoms. The van der Waals surface area contributed by atoms with Crippen molar-refractivity contribution < 1.29 is 19.0 Å².